The molecule has 6 nitrogen and oxygen atoms in total. The average Bonchev–Trinajstić information content (AvgIpc) is 2.95. The minimum absolute atomic E-state index is 0.178. The molecule has 0 aliphatic carbocycles. The van der Waals surface area contributed by atoms with Crippen LogP contribution in [0.4, 0.5) is 18.7 Å². The number of nitrogens with one attached hydrogen (secondary N) is 2. The number of urea groups is 1. The smallest absolute Gasteiger partial charge is 0.312 e. The molecule has 2 rings (SSSR count). The largest absolute Gasteiger partial charge is 0.352 e. The second-order valence-electron chi connectivity index (χ2n) is 5.39. The summed E-state index contributed by atoms with van der Waals surface area (Å²) in [6.07, 6.45) is 0. The minimum Gasteiger partial charge on any atom is -0.352 e. The van der Waals surface area contributed by atoms with Crippen LogP contribution >= 0.6 is 11.3 Å². The molecule has 0 saturated heterocycles. The topological polar surface area (TPSA) is 97.1 Å². The van der Waals surface area contributed by atoms with Gasteiger partial charge in [-0.1, -0.05) is 13.8 Å². The number of aromatic nitrogens is 1. The predicted octanol–water partition coefficient (Wildman–Crippen LogP) is 2.72. The summed E-state index contributed by atoms with van der Waals surface area (Å²) in [5.41, 5.74) is 5.85. The summed E-state index contributed by atoms with van der Waals surface area (Å²) in [4.78, 5) is 27.3. The van der Waals surface area contributed by atoms with Crippen LogP contribution in [0, 0.1) is 17.6 Å². The molecule has 128 valence electrons. The number of carbonyl (C=O) groups excluding carboxylic acids is 2. The van der Waals surface area contributed by atoms with Crippen molar-refractivity contribution >= 4 is 28.4 Å². The predicted molar refractivity (Wildman–Crippen MR) is 87.4 cm³/mol. The van der Waals surface area contributed by atoms with Crippen LogP contribution in [0.1, 0.15) is 13.8 Å². The number of thiazole rings is 1. The fourth-order valence-corrected chi connectivity index (χ4v) is 2.71. The molecule has 1 aromatic heterocycles. The molecule has 1 atom stereocenters. The number of nitrogens with zero attached hydrogens (tertiary/aromatic N) is 1. The van der Waals surface area contributed by atoms with Crippen LogP contribution in [-0.2, 0) is 4.79 Å². The number of anilines is 1. The van der Waals surface area contributed by atoms with Crippen LogP contribution < -0.4 is 16.4 Å². The highest BCUT2D eigenvalue weighted by atomic mass is 32.1. The van der Waals surface area contributed by atoms with Gasteiger partial charge in [-0.25, -0.2) is 18.6 Å². The standard InChI is InChI=1S/C15H16F2N4O2S/c1-7(2)12(20-14(18)23)13(22)21-15-19-11(6-24-15)8-3-4-9(16)10(17)5-8/h3-7,12H,1-2H3,(H3,18,20,23)(H,19,21,22)/t12-/m0/s1. The monoisotopic (exact) mass is 354 g/mol. The van der Waals surface area contributed by atoms with E-state index in [1.165, 1.54) is 6.07 Å². The Kier molecular flexibility index (Phi) is 5.45. The highest BCUT2D eigenvalue weighted by molar-refractivity contribution is 7.14. The van der Waals surface area contributed by atoms with Gasteiger partial charge in [0.05, 0.1) is 5.69 Å². The first-order chi connectivity index (χ1) is 11.3. The van der Waals surface area contributed by atoms with Gasteiger partial charge in [-0.2, -0.15) is 0 Å². The van der Waals surface area contributed by atoms with Gasteiger partial charge in [-0.3, -0.25) is 4.79 Å². The summed E-state index contributed by atoms with van der Waals surface area (Å²) < 4.78 is 26.2. The van der Waals surface area contributed by atoms with Crippen molar-refractivity contribution in [3.05, 3.63) is 35.2 Å². The van der Waals surface area contributed by atoms with Crippen molar-refractivity contribution in [2.24, 2.45) is 11.7 Å². The Balaban J connectivity index is 2.14. The molecule has 0 radical (unpaired) electrons. The van der Waals surface area contributed by atoms with Gasteiger partial charge in [-0.15, -0.1) is 11.3 Å². The first-order valence-corrected chi connectivity index (χ1v) is 7.93. The normalized spacial score (nSPS) is 12.0. The number of halogens is 2. The van der Waals surface area contributed by atoms with Gasteiger partial charge in [0.25, 0.3) is 0 Å². The molecule has 0 bridgehead atoms. The highest BCUT2D eigenvalue weighted by Gasteiger charge is 2.24. The number of carbonyl (C=O) groups is 2. The zero-order valence-corrected chi connectivity index (χ0v) is 13.8. The van der Waals surface area contributed by atoms with E-state index >= 15 is 0 Å². The maximum absolute atomic E-state index is 13.3. The quantitative estimate of drug-likeness (QED) is 0.770. The van der Waals surface area contributed by atoms with Gasteiger partial charge in [-0.05, 0) is 24.1 Å². The number of nitrogens with two attached hydrogens (primary N) is 1. The summed E-state index contributed by atoms with van der Waals surface area (Å²) in [6, 6.07) is 1.82. The minimum atomic E-state index is -0.975. The fourth-order valence-electron chi connectivity index (χ4n) is 1.99. The Hall–Kier alpha value is -2.55. The summed E-state index contributed by atoms with van der Waals surface area (Å²) in [6.45, 7) is 3.52. The Bertz CT molecular complexity index is 764. The molecule has 1 aromatic carbocycles. The Labute approximate surface area is 141 Å². The van der Waals surface area contributed by atoms with Crippen molar-refractivity contribution in [3.8, 4) is 11.3 Å². The van der Waals surface area contributed by atoms with Gasteiger partial charge in [0.2, 0.25) is 5.91 Å². The molecule has 0 fully saturated rings. The number of hydrogen-bond acceptors (Lipinski definition) is 4. The third-order valence-electron chi connectivity index (χ3n) is 3.20. The lowest BCUT2D eigenvalue weighted by Crippen LogP contribution is -2.49. The summed E-state index contributed by atoms with van der Waals surface area (Å²) in [7, 11) is 0. The number of primary amides is 1. The maximum Gasteiger partial charge on any atom is 0.312 e. The van der Waals surface area contributed by atoms with Crippen molar-refractivity contribution in [3.63, 3.8) is 0 Å². The first-order valence-electron chi connectivity index (χ1n) is 7.05. The lowest BCUT2D eigenvalue weighted by atomic mass is 10.0. The maximum atomic E-state index is 13.3. The third-order valence-corrected chi connectivity index (χ3v) is 3.95. The molecule has 0 aliphatic heterocycles. The van der Waals surface area contributed by atoms with E-state index in [-0.39, 0.29) is 11.0 Å². The van der Waals surface area contributed by atoms with Crippen molar-refractivity contribution in [2.75, 3.05) is 5.32 Å². The molecule has 0 spiro atoms. The van der Waals surface area contributed by atoms with Crippen molar-refractivity contribution in [1.29, 1.82) is 0 Å². The Morgan fingerprint density at radius 1 is 1.25 bits per heavy atom. The Morgan fingerprint density at radius 3 is 2.54 bits per heavy atom. The van der Waals surface area contributed by atoms with Gasteiger partial charge in [0, 0.05) is 10.9 Å². The Morgan fingerprint density at radius 2 is 1.96 bits per heavy atom. The lowest BCUT2D eigenvalue weighted by Gasteiger charge is -2.19. The van der Waals surface area contributed by atoms with Crippen molar-refractivity contribution < 1.29 is 18.4 Å². The van der Waals surface area contributed by atoms with Gasteiger partial charge >= 0.3 is 6.03 Å². The number of rotatable bonds is 5. The molecule has 9 heteroatoms. The molecular weight excluding hydrogens is 338 g/mol. The van der Waals surface area contributed by atoms with Crippen LogP contribution in [0.15, 0.2) is 23.6 Å². The zero-order chi connectivity index (χ0) is 17.9. The molecular formula is C15H16F2N4O2S. The summed E-state index contributed by atoms with van der Waals surface area (Å²) in [5.74, 6) is -2.56. The van der Waals surface area contributed by atoms with Gasteiger partial charge < -0.3 is 16.4 Å². The van der Waals surface area contributed by atoms with E-state index in [1.54, 1.807) is 19.2 Å². The highest BCUT2D eigenvalue weighted by Crippen LogP contribution is 2.26. The molecule has 0 unspecified atom stereocenters. The van der Waals surface area contributed by atoms with E-state index in [0.717, 1.165) is 23.5 Å². The second-order valence-corrected chi connectivity index (χ2v) is 6.24. The van der Waals surface area contributed by atoms with E-state index in [9.17, 15) is 18.4 Å². The molecule has 24 heavy (non-hydrogen) atoms. The van der Waals surface area contributed by atoms with E-state index < -0.39 is 29.6 Å². The van der Waals surface area contributed by atoms with Crippen LogP contribution in [-0.4, -0.2) is 23.0 Å². The molecule has 0 aliphatic rings. The van der Waals surface area contributed by atoms with E-state index in [0.29, 0.717) is 11.3 Å². The van der Waals surface area contributed by atoms with Crippen molar-refractivity contribution in [2.45, 2.75) is 19.9 Å². The van der Waals surface area contributed by atoms with Crippen LogP contribution in [0.2, 0.25) is 0 Å². The van der Waals surface area contributed by atoms with Crippen LogP contribution in [0.5, 0.6) is 0 Å². The van der Waals surface area contributed by atoms with Gasteiger partial charge in [0.1, 0.15) is 6.04 Å². The summed E-state index contributed by atoms with van der Waals surface area (Å²) >= 11 is 1.13. The third kappa shape index (κ3) is 4.25. The average molecular weight is 354 g/mol. The van der Waals surface area contributed by atoms with Crippen molar-refractivity contribution in [1.82, 2.24) is 10.3 Å². The summed E-state index contributed by atoms with van der Waals surface area (Å²) in [5, 5.41) is 6.82. The molecule has 1 heterocycles. The number of benzene rings is 1. The fraction of sp³-hybridized carbons (Fsp3) is 0.267. The molecule has 0 saturated carbocycles. The second kappa shape index (κ2) is 7.35. The number of hydrogen-bond donors (Lipinski definition) is 3. The first kappa shape index (κ1) is 17.8. The van der Waals surface area contributed by atoms with Gasteiger partial charge in [0.15, 0.2) is 16.8 Å². The SMILES string of the molecule is CC(C)[C@H](NC(N)=O)C(=O)Nc1nc(-c2ccc(F)c(F)c2)cs1. The van der Waals surface area contributed by atoms with Crippen LogP contribution in [0.3, 0.4) is 0 Å². The zero-order valence-electron chi connectivity index (χ0n) is 13.0. The van der Waals surface area contributed by atoms with E-state index in [4.69, 9.17) is 5.73 Å². The lowest BCUT2D eigenvalue weighted by molar-refractivity contribution is -0.118. The molecule has 4 N–H and O–H groups in total. The molecule has 3 amide bonds. The number of amides is 3. The van der Waals surface area contributed by atoms with E-state index in [2.05, 4.69) is 15.6 Å². The molecule has 2 aromatic rings. The van der Waals surface area contributed by atoms with Crippen LogP contribution in [0.25, 0.3) is 11.3 Å². The van der Waals surface area contributed by atoms with E-state index in [1.807, 2.05) is 0 Å².